The van der Waals surface area contributed by atoms with Gasteiger partial charge in [0.25, 0.3) is 0 Å². The summed E-state index contributed by atoms with van der Waals surface area (Å²) in [4.78, 5) is 39.3. The van der Waals surface area contributed by atoms with Crippen LogP contribution in [0.15, 0.2) is 24.3 Å². The Hall–Kier alpha value is -2.44. The van der Waals surface area contributed by atoms with E-state index < -0.39 is 17.8 Å². The van der Waals surface area contributed by atoms with Gasteiger partial charge in [-0.2, -0.15) is 0 Å². The van der Waals surface area contributed by atoms with E-state index in [0.29, 0.717) is 38.9 Å². The zero-order valence-corrected chi connectivity index (χ0v) is 14.6. The van der Waals surface area contributed by atoms with Gasteiger partial charge < -0.3 is 14.9 Å². The number of carboxylic acid groups (broad SMARTS) is 1. The number of carbonyl (C=O) groups is 3. The lowest BCUT2D eigenvalue weighted by molar-refractivity contribution is -0.146. The standard InChI is InChI=1S/C19H23FN2O4/c20-16-5-3-13(4-6-16)7-9-21-12-15(10-17(21)23)18(24)22-8-1-2-14(11-22)19(25)26/h3-6,14-15H,1-2,7-12H2,(H,25,26)/t14-,15-/m0/s1. The van der Waals surface area contributed by atoms with Gasteiger partial charge in [-0.3, -0.25) is 14.4 Å². The van der Waals surface area contributed by atoms with Crippen LogP contribution in [-0.2, 0) is 20.8 Å². The van der Waals surface area contributed by atoms with E-state index in [1.54, 1.807) is 21.9 Å². The summed E-state index contributed by atoms with van der Waals surface area (Å²) >= 11 is 0. The summed E-state index contributed by atoms with van der Waals surface area (Å²) in [5, 5.41) is 9.16. The summed E-state index contributed by atoms with van der Waals surface area (Å²) in [5.41, 5.74) is 0.939. The molecule has 1 aromatic carbocycles. The van der Waals surface area contributed by atoms with Crippen molar-refractivity contribution in [3.8, 4) is 0 Å². The molecule has 2 fully saturated rings. The van der Waals surface area contributed by atoms with E-state index in [4.69, 9.17) is 5.11 Å². The van der Waals surface area contributed by atoms with Crippen LogP contribution in [0.3, 0.4) is 0 Å². The zero-order valence-electron chi connectivity index (χ0n) is 14.6. The molecular weight excluding hydrogens is 339 g/mol. The number of carboxylic acids is 1. The van der Waals surface area contributed by atoms with Crippen molar-refractivity contribution in [2.75, 3.05) is 26.2 Å². The molecule has 2 saturated heterocycles. The van der Waals surface area contributed by atoms with Crippen LogP contribution in [0, 0.1) is 17.7 Å². The van der Waals surface area contributed by atoms with E-state index in [9.17, 15) is 18.8 Å². The molecule has 26 heavy (non-hydrogen) atoms. The van der Waals surface area contributed by atoms with E-state index >= 15 is 0 Å². The first-order valence-corrected chi connectivity index (χ1v) is 8.98. The maximum Gasteiger partial charge on any atom is 0.308 e. The van der Waals surface area contributed by atoms with E-state index in [1.165, 1.54) is 12.1 Å². The third-order valence-electron chi connectivity index (χ3n) is 5.23. The fourth-order valence-corrected chi connectivity index (χ4v) is 3.71. The van der Waals surface area contributed by atoms with Crippen LogP contribution < -0.4 is 0 Å². The molecule has 7 heteroatoms. The van der Waals surface area contributed by atoms with Crippen molar-refractivity contribution in [3.05, 3.63) is 35.6 Å². The summed E-state index contributed by atoms with van der Waals surface area (Å²) in [7, 11) is 0. The Morgan fingerprint density at radius 1 is 1.15 bits per heavy atom. The molecule has 2 aliphatic heterocycles. The van der Waals surface area contributed by atoms with Crippen molar-refractivity contribution in [2.24, 2.45) is 11.8 Å². The number of likely N-dealkylation sites (tertiary alicyclic amines) is 2. The average Bonchev–Trinajstić information content (AvgIpc) is 3.01. The Labute approximate surface area is 151 Å². The highest BCUT2D eigenvalue weighted by atomic mass is 19.1. The van der Waals surface area contributed by atoms with Crippen LogP contribution in [0.5, 0.6) is 0 Å². The van der Waals surface area contributed by atoms with Crippen LogP contribution >= 0.6 is 0 Å². The predicted molar refractivity (Wildman–Crippen MR) is 91.7 cm³/mol. The van der Waals surface area contributed by atoms with Gasteiger partial charge in [-0.1, -0.05) is 12.1 Å². The summed E-state index contributed by atoms with van der Waals surface area (Å²) in [5.74, 6) is -2.25. The molecule has 0 bridgehead atoms. The van der Waals surface area contributed by atoms with Crippen LogP contribution in [0.1, 0.15) is 24.8 Å². The van der Waals surface area contributed by atoms with E-state index in [-0.39, 0.29) is 30.6 Å². The number of piperidine rings is 1. The van der Waals surface area contributed by atoms with Gasteiger partial charge in [0.05, 0.1) is 11.8 Å². The lowest BCUT2D eigenvalue weighted by Crippen LogP contribution is -2.45. The highest BCUT2D eigenvalue weighted by molar-refractivity contribution is 5.89. The van der Waals surface area contributed by atoms with Gasteiger partial charge in [-0.15, -0.1) is 0 Å². The second-order valence-corrected chi connectivity index (χ2v) is 7.08. The van der Waals surface area contributed by atoms with Gasteiger partial charge in [0.15, 0.2) is 0 Å². The Kier molecular flexibility index (Phi) is 5.54. The van der Waals surface area contributed by atoms with Gasteiger partial charge in [0, 0.05) is 32.6 Å². The third-order valence-corrected chi connectivity index (χ3v) is 5.23. The predicted octanol–water partition coefficient (Wildman–Crippen LogP) is 1.54. The molecule has 0 aliphatic carbocycles. The molecule has 2 aliphatic rings. The number of aliphatic carboxylic acids is 1. The Morgan fingerprint density at radius 3 is 2.58 bits per heavy atom. The Balaban J connectivity index is 1.54. The average molecular weight is 362 g/mol. The molecule has 2 atom stereocenters. The molecule has 1 N–H and O–H groups in total. The largest absolute Gasteiger partial charge is 0.481 e. The molecule has 140 valence electrons. The summed E-state index contributed by atoms with van der Waals surface area (Å²) in [6, 6.07) is 6.17. The number of amides is 2. The fourth-order valence-electron chi connectivity index (χ4n) is 3.71. The summed E-state index contributed by atoms with van der Waals surface area (Å²) in [6.07, 6.45) is 2.05. The third kappa shape index (κ3) is 4.20. The first-order chi connectivity index (χ1) is 12.4. The Bertz CT molecular complexity index is 691. The highest BCUT2D eigenvalue weighted by Gasteiger charge is 2.38. The highest BCUT2D eigenvalue weighted by Crippen LogP contribution is 2.24. The number of hydrogen-bond acceptors (Lipinski definition) is 3. The number of halogens is 1. The number of hydrogen-bond donors (Lipinski definition) is 1. The fraction of sp³-hybridized carbons (Fsp3) is 0.526. The van der Waals surface area contributed by atoms with Crippen molar-refractivity contribution in [1.82, 2.24) is 9.80 Å². The molecule has 0 unspecified atom stereocenters. The molecule has 0 radical (unpaired) electrons. The molecule has 0 spiro atoms. The first-order valence-electron chi connectivity index (χ1n) is 8.98. The van der Waals surface area contributed by atoms with Gasteiger partial charge >= 0.3 is 5.97 Å². The van der Waals surface area contributed by atoms with Crippen molar-refractivity contribution in [1.29, 1.82) is 0 Å². The van der Waals surface area contributed by atoms with Crippen LogP contribution in [-0.4, -0.2) is 58.9 Å². The summed E-state index contributed by atoms with van der Waals surface area (Å²) < 4.78 is 12.9. The lowest BCUT2D eigenvalue weighted by atomic mass is 9.96. The molecule has 0 aromatic heterocycles. The second-order valence-electron chi connectivity index (χ2n) is 7.08. The lowest BCUT2D eigenvalue weighted by Gasteiger charge is -2.32. The molecule has 2 amide bonds. The van der Waals surface area contributed by atoms with Crippen molar-refractivity contribution in [3.63, 3.8) is 0 Å². The normalized spacial score (nSPS) is 23.3. The molecular formula is C19H23FN2O4. The number of rotatable bonds is 5. The van der Waals surface area contributed by atoms with E-state index in [0.717, 1.165) is 5.56 Å². The monoisotopic (exact) mass is 362 g/mol. The first kappa shape index (κ1) is 18.4. The molecule has 3 rings (SSSR count). The van der Waals surface area contributed by atoms with Gasteiger partial charge in [-0.05, 0) is 37.0 Å². The van der Waals surface area contributed by atoms with E-state index in [2.05, 4.69) is 0 Å². The summed E-state index contributed by atoms with van der Waals surface area (Å²) in [6.45, 7) is 1.65. The van der Waals surface area contributed by atoms with Crippen molar-refractivity contribution in [2.45, 2.75) is 25.7 Å². The molecule has 6 nitrogen and oxygen atoms in total. The second kappa shape index (κ2) is 7.85. The quantitative estimate of drug-likeness (QED) is 0.862. The molecule has 1 aromatic rings. The smallest absolute Gasteiger partial charge is 0.308 e. The maximum atomic E-state index is 12.9. The maximum absolute atomic E-state index is 12.9. The van der Waals surface area contributed by atoms with Crippen LogP contribution in [0.4, 0.5) is 4.39 Å². The number of benzene rings is 1. The minimum atomic E-state index is -0.870. The van der Waals surface area contributed by atoms with Crippen molar-refractivity contribution < 1.29 is 23.9 Å². The molecule has 0 saturated carbocycles. The van der Waals surface area contributed by atoms with Crippen molar-refractivity contribution >= 4 is 17.8 Å². The number of nitrogens with zero attached hydrogens (tertiary/aromatic N) is 2. The molecule has 2 heterocycles. The van der Waals surface area contributed by atoms with Crippen LogP contribution in [0.2, 0.25) is 0 Å². The topological polar surface area (TPSA) is 77.9 Å². The SMILES string of the molecule is O=C(O)[C@H]1CCCN(C(=O)[C@H]2CC(=O)N(CCc3ccc(F)cc3)C2)C1. The van der Waals surface area contributed by atoms with Gasteiger partial charge in [0.2, 0.25) is 11.8 Å². The van der Waals surface area contributed by atoms with Gasteiger partial charge in [0.1, 0.15) is 5.82 Å². The minimum Gasteiger partial charge on any atom is -0.481 e. The zero-order chi connectivity index (χ0) is 18.7. The number of carbonyl (C=O) groups excluding carboxylic acids is 2. The van der Waals surface area contributed by atoms with Crippen LogP contribution in [0.25, 0.3) is 0 Å². The minimum absolute atomic E-state index is 0.0581. The van der Waals surface area contributed by atoms with Gasteiger partial charge in [-0.25, -0.2) is 4.39 Å². The Morgan fingerprint density at radius 2 is 1.88 bits per heavy atom. The van der Waals surface area contributed by atoms with E-state index in [1.807, 2.05) is 0 Å².